The first-order chi connectivity index (χ1) is 15.4. The van der Waals surface area contributed by atoms with E-state index < -0.39 is 17.8 Å². The van der Waals surface area contributed by atoms with Crippen LogP contribution >= 0.6 is 0 Å². The average molecular weight is 441 g/mol. The van der Waals surface area contributed by atoms with Crippen molar-refractivity contribution in [3.05, 3.63) is 46.9 Å². The molecular formula is C22H24FN5O4. The van der Waals surface area contributed by atoms with Crippen LogP contribution in [0.4, 0.5) is 10.1 Å². The first kappa shape index (κ1) is 20.6. The van der Waals surface area contributed by atoms with Crippen LogP contribution in [0.2, 0.25) is 0 Å². The maximum absolute atomic E-state index is 15.0. The lowest BCUT2D eigenvalue weighted by Gasteiger charge is -2.36. The second kappa shape index (κ2) is 8.01. The molecular weight excluding hydrogens is 417 g/mol. The Labute approximate surface area is 184 Å². The molecule has 0 radical (unpaired) electrons. The van der Waals surface area contributed by atoms with Crippen LogP contribution in [-0.4, -0.2) is 64.7 Å². The fourth-order valence-corrected chi connectivity index (χ4v) is 4.65. The number of nitrogens with zero attached hydrogens (tertiary/aromatic N) is 4. The molecule has 32 heavy (non-hydrogen) atoms. The van der Waals surface area contributed by atoms with E-state index in [9.17, 15) is 18.8 Å². The van der Waals surface area contributed by atoms with Crippen LogP contribution in [0.5, 0.6) is 0 Å². The Morgan fingerprint density at radius 1 is 1.19 bits per heavy atom. The molecule has 0 aliphatic carbocycles. The van der Waals surface area contributed by atoms with Crippen molar-refractivity contribution in [2.75, 3.05) is 31.1 Å². The number of fused-ring (bicyclic) bond motifs is 1. The third kappa shape index (κ3) is 3.64. The maximum Gasteiger partial charge on any atom is 0.255 e. The number of aromatic nitrogens is 1. The van der Waals surface area contributed by atoms with E-state index in [0.717, 1.165) is 24.5 Å². The fraction of sp³-hybridized carbons (Fsp3) is 0.455. The fourth-order valence-electron chi connectivity index (χ4n) is 4.65. The number of piperazine rings is 1. The maximum atomic E-state index is 15.0. The zero-order valence-corrected chi connectivity index (χ0v) is 17.8. The number of rotatable bonds is 4. The Hall–Kier alpha value is -3.27. The first-order valence-corrected chi connectivity index (χ1v) is 10.7. The van der Waals surface area contributed by atoms with Crippen molar-refractivity contribution >= 4 is 23.4 Å². The number of halogens is 1. The highest BCUT2D eigenvalue weighted by Crippen LogP contribution is 2.33. The van der Waals surface area contributed by atoms with Gasteiger partial charge in [0.1, 0.15) is 17.6 Å². The summed E-state index contributed by atoms with van der Waals surface area (Å²) in [5.74, 6) is -0.772. The van der Waals surface area contributed by atoms with Gasteiger partial charge in [-0.3, -0.25) is 24.6 Å². The van der Waals surface area contributed by atoms with Crippen molar-refractivity contribution in [2.24, 2.45) is 0 Å². The molecule has 1 aromatic carbocycles. The normalized spacial score (nSPS) is 21.8. The predicted octanol–water partition coefficient (Wildman–Crippen LogP) is 1.21. The molecule has 1 atom stereocenters. The standard InChI is InChI=1S/C22H24FN5O4/c1-13-19(32-12-24-13)11-26-4-6-27(7-5-26)18-8-14-10-28(22(31)15(14)9-16(18)23)17-2-3-20(29)25-21(17)30/h8-9,12,17H,2-7,10-11H2,1H3,(H,25,29,30). The molecule has 5 rings (SSSR count). The van der Waals surface area contributed by atoms with Crippen LogP contribution in [0.1, 0.15) is 40.2 Å². The molecule has 3 aliphatic rings. The number of piperidine rings is 1. The molecule has 10 heteroatoms. The summed E-state index contributed by atoms with van der Waals surface area (Å²) < 4.78 is 20.4. The number of anilines is 1. The zero-order chi connectivity index (χ0) is 22.4. The van der Waals surface area contributed by atoms with E-state index in [0.29, 0.717) is 30.9 Å². The van der Waals surface area contributed by atoms with E-state index in [1.54, 1.807) is 6.07 Å². The number of oxazole rings is 1. The summed E-state index contributed by atoms with van der Waals surface area (Å²) in [4.78, 5) is 46.3. The lowest BCUT2D eigenvalue weighted by Crippen LogP contribution is -2.52. The largest absolute Gasteiger partial charge is 0.447 e. The van der Waals surface area contributed by atoms with Gasteiger partial charge in [0, 0.05) is 44.7 Å². The van der Waals surface area contributed by atoms with Gasteiger partial charge in [-0.1, -0.05) is 0 Å². The highest BCUT2D eigenvalue weighted by atomic mass is 19.1. The molecule has 1 unspecified atom stereocenters. The van der Waals surface area contributed by atoms with Gasteiger partial charge in [-0.2, -0.15) is 0 Å². The molecule has 0 bridgehead atoms. The predicted molar refractivity (Wildman–Crippen MR) is 111 cm³/mol. The van der Waals surface area contributed by atoms with Crippen molar-refractivity contribution < 1.29 is 23.2 Å². The van der Waals surface area contributed by atoms with Gasteiger partial charge in [0.15, 0.2) is 6.39 Å². The molecule has 0 saturated carbocycles. The van der Waals surface area contributed by atoms with Crippen molar-refractivity contribution in [3.63, 3.8) is 0 Å². The molecule has 4 heterocycles. The summed E-state index contributed by atoms with van der Waals surface area (Å²) in [6.07, 6.45) is 1.92. The number of carbonyl (C=O) groups is 3. The molecule has 9 nitrogen and oxygen atoms in total. The van der Waals surface area contributed by atoms with Gasteiger partial charge in [-0.25, -0.2) is 9.37 Å². The van der Waals surface area contributed by atoms with Crippen molar-refractivity contribution in [2.45, 2.75) is 38.9 Å². The molecule has 1 aromatic heterocycles. The van der Waals surface area contributed by atoms with E-state index >= 15 is 0 Å². The summed E-state index contributed by atoms with van der Waals surface area (Å²) >= 11 is 0. The van der Waals surface area contributed by atoms with Crippen LogP contribution in [0.25, 0.3) is 0 Å². The molecule has 168 valence electrons. The number of aryl methyl sites for hydroxylation is 1. The van der Waals surface area contributed by atoms with Crippen LogP contribution in [0, 0.1) is 12.7 Å². The average Bonchev–Trinajstić information content (AvgIpc) is 3.31. The second-order valence-electron chi connectivity index (χ2n) is 8.48. The van der Waals surface area contributed by atoms with Gasteiger partial charge in [0.05, 0.1) is 17.9 Å². The van der Waals surface area contributed by atoms with Crippen LogP contribution in [-0.2, 0) is 22.7 Å². The molecule has 2 aromatic rings. The van der Waals surface area contributed by atoms with E-state index in [1.807, 2.05) is 11.8 Å². The highest BCUT2D eigenvalue weighted by molar-refractivity contribution is 6.05. The number of carbonyl (C=O) groups excluding carboxylic acids is 3. The second-order valence-corrected chi connectivity index (χ2v) is 8.48. The topological polar surface area (TPSA) is 99.0 Å². The van der Waals surface area contributed by atoms with Gasteiger partial charge < -0.3 is 14.2 Å². The van der Waals surface area contributed by atoms with Crippen molar-refractivity contribution in [1.29, 1.82) is 0 Å². The van der Waals surface area contributed by atoms with E-state index in [2.05, 4.69) is 15.2 Å². The monoisotopic (exact) mass is 441 g/mol. The van der Waals surface area contributed by atoms with E-state index in [4.69, 9.17) is 4.42 Å². The SMILES string of the molecule is Cc1ncoc1CN1CCN(c2cc3c(cc2F)C(=O)N(C2CCC(=O)NC2=O)C3)CC1. The van der Waals surface area contributed by atoms with E-state index in [-0.39, 0.29) is 36.8 Å². The zero-order valence-electron chi connectivity index (χ0n) is 17.8. The number of benzene rings is 1. The summed E-state index contributed by atoms with van der Waals surface area (Å²) in [5, 5.41) is 2.28. The summed E-state index contributed by atoms with van der Waals surface area (Å²) in [6.45, 7) is 5.60. The molecule has 2 fully saturated rings. The molecule has 1 N–H and O–H groups in total. The molecule has 0 spiro atoms. The molecule has 3 aliphatic heterocycles. The number of hydrogen-bond acceptors (Lipinski definition) is 7. The van der Waals surface area contributed by atoms with Gasteiger partial charge in [-0.05, 0) is 31.0 Å². The third-order valence-corrected chi connectivity index (χ3v) is 6.52. The minimum atomic E-state index is -0.706. The lowest BCUT2D eigenvalue weighted by molar-refractivity contribution is -0.136. The first-order valence-electron chi connectivity index (χ1n) is 10.7. The number of imide groups is 1. The van der Waals surface area contributed by atoms with Gasteiger partial charge in [0.2, 0.25) is 11.8 Å². The van der Waals surface area contributed by atoms with Crippen molar-refractivity contribution in [3.8, 4) is 0 Å². The van der Waals surface area contributed by atoms with E-state index in [1.165, 1.54) is 17.4 Å². The number of nitrogens with one attached hydrogen (secondary N) is 1. The Morgan fingerprint density at radius 2 is 1.97 bits per heavy atom. The lowest BCUT2D eigenvalue weighted by atomic mass is 10.0. The third-order valence-electron chi connectivity index (χ3n) is 6.52. The quantitative estimate of drug-likeness (QED) is 0.712. The Kier molecular flexibility index (Phi) is 5.16. The summed E-state index contributed by atoms with van der Waals surface area (Å²) in [7, 11) is 0. The Morgan fingerprint density at radius 3 is 2.66 bits per heavy atom. The Balaban J connectivity index is 1.28. The summed E-state index contributed by atoms with van der Waals surface area (Å²) in [5.41, 5.74) is 2.34. The highest BCUT2D eigenvalue weighted by Gasteiger charge is 2.40. The van der Waals surface area contributed by atoms with Gasteiger partial charge in [-0.15, -0.1) is 0 Å². The minimum absolute atomic E-state index is 0.189. The van der Waals surface area contributed by atoms with Crippen LogP contribution in [0.3, 0.4) is 0 Å². The smallest absolute Gasteiger partial charge is 0.255 e. The summed E-state index contributed by atoms with van der Waals surface area (Å²) in [6, 6.07) is 2.30. The number of amides is 3. The van der Waals surface area contributed by atoms with Gasteiger partial charge >= 0.3 is 0 Å². The molecule has 2 saturated heterocycles. The Bertz CT molecular complexity index is 1090. The van der Waals surface area contributed by atoms with Crippen LogP contribution < -0.4 is 10.2 Å². The minimum Gasteiger partial charge on any atom is -0.447 e. The number of hydrogen-bond donors (Lipinski definition) is 1. The van der Waals surface area contributed by atoms with Crippen molar-refractivity contribution in [1.82, 2.24) is 20.1 Å². The van der Waals surface area contributed by atoms with Gasteiger partial charge in [0.25, 0.3) is 5.91 Å². The molecule has 3 amide bonds. The van der Waals surface area contributed by atoms with Crippen LogP contribution in [0.15, 0.2) is 22.9 Å².